The molecular formula is C17H12ClN3O2. The van der Waals surface area contributed by atoms with E-state index in [2.05, 4.69) is 10.1 Å². The highest BCUT2D eigenvalue weighted by Gasteiger charge is 2.02. The Bertz CT molecular complexity index is 854. The lowest BCUT2D eigenvalue weighted by Gasteiger charge is -2.03. The van der Waals surface area contributed by atoms with Gasteiger partial charge >= 0.3 is 6.09 Å². The van der Waals surface area contributed by atoms with E-state index in [9.17, 15) is 4.79 Å². The highest BCUT2D eigenvalue weighted by molar-refractivity contribution is 6.30. The zero-order chi connectivity index (χ0) is 16.1. The predicted molar refractivity (Wildman–Crippen MR) is 86.6 cm³/mol. The minimum absolute atomic E-state index is 0.381. The van der Waals surface area contributed by atoms with Gasteiger partial charge in [-0.25, -0.2) is 9.48 Å². The van der Waals surface area contributed by atoms with Crippen LogP contribution < -0.4 is 10.1 Å². The summed E-state index contributed by atoms with van der Waals surface area (Å²) >= 11 is 5.77. The van der Waals surface area contributed by atoms with E-state index in [1.807, 2.05) is 30.3 Å². The molecule has 0 bridgehead atoms. The average Bonchev–Trinajstić information content (AvgIpc) is 2.58. The summed E-state index contributed by atoms with van der Waals surface area (Å²) in [5.41, 5.74) is 0.919. The number of amides is 1. The number of benzene rings is 2. The molecule has 0 saturated carbocycles. The van der Waals surface area contributed by atoms with Crippen LogP contribution >= 0.6 is 11.6 Å². The molecule has 23 heavy (non-hydrogen) atoms. The molecule has 3 rings (SSSR count). The van der Waals surface area contributed by atoms with Crippen molar-refractivity contribution >= 4 is 17.7 Å². The molecule has 1 aromatic heterocycles. The fourth-order valence-corrected chi connectivity index (χ4v) is 2.01. The Labute approximate surface area is 137 Å². The Morgan fingerprint density at radius 1 is 1.04 bits per heavy atom. The van der Waals surface area contributed by atoms with Crippen LogP contribution in [0.1, 0.15) is 0 Å². The fraction of sp³-hybridized carbons (Fsp3) is 0. The lowest BCUT2D eigenvalue weighted by atomic mass is 10.3. The van der Waals surface area contributed by atoms with Crippen LogP contribution in [0.25, 0.3) is 5.69 Å². The van der Waals surface area contributed by atoms with Crippen LogP contribution in [-0.4, -0.2) is 15.9 Å². The minimum atomic E-state index is -0.716. The number of rotatable bonds is 2. The molecule has 0 aliphatic heterocycles. The van der Waals surface area contributed by atoms with E-state index >= 15 is 0 Å². The Balaban J connectivity index is 1.74. The maximum Gasteiger partial charge on any atom is 0.439 e. The number of carbonyl (C=O) groups excluding carboxylic acids is 1. The predicted octanol–water partition coefficient (Wildman–Crippen LogP) is 3.63. The van der Waals surface area contributed by atoms with Crippen molar-refractivity contribution in [3.05, 3.63) is 83.4 Å². The Kier molecular flexibility index (Phi) is 4.49. The van der Waals surface area contributed by atoms with E-state index in [0.717, 1.165) is 5.69 Å². The monoisotopic (exact) mass is 325 g/mol. The summed E-state index contributed by atoms with van der Waals surface area (Å²) in [6.45, 7) is 0. The van der Waals surface area contributed by atoms with E-state index in [1.165, 1.54) is 6.20 Å². The second kappa shape index (κ2) is 6.89. The van der Waals surface area contributed by atoms with Crippen molar-refractivity contribution in [2.45, 2.75) is 0 Å². The van der Waals surface area contributed by atoms with Gasteiger partial charge in [0.2, 0.25) is 0 Å². The number of carbonyl (C=O) groups is 1. The SMILES string of the molecule is O=C(/N=c1\ccn(-c2ccccc2)nc1)Oc1ccc(Cl)cc1. The van der Waals surface area contributed by atoms with Crippen molar-refractivity contribution in [3.8, 4) is 11.4 Å². The zero-order valence-electron chi connectivity index (χ0n) is 12.0. The molecule has 3 aromatic rings. The molecule has 0 N–H and O–H groups in total. The van der Waals surface area contributed by atoms with Gasteiger partial charge in [0.15, 0.2) is 0 Å². The van der Waals surface area contributed by atoms with Crippen LogP contribution in [0.3, 0.4) is 0 Å². The summed E-state index contributed by atoms with van der Waals surface area (Å²) in [7, 11) is 0. The summed E-state index contributed by atoms with van der Waals surface area (Å²) in [5, 5.41) is 5.20. The summed E-state index contributed by atoms with van der Waals surface area (Å²) in [4.78, 5) is 15.6. The third kappa shape index (κ3) is 4.05. The summed E-state index contributed by atoms with van der Waals surface area (Å²) in [6.07, 6.45) is 2.51. The number of halogens is 1. The Morgan fingerprint density at radius 3 is 2.43 bits per heavy atom. The first-order chi connectivity index (χ1) is 11.2. The first-order valence-electron chi connectivity index (χ1n) is 6.83. The minimum Gasteiger partial charge on any atom is -0.409 e. The Morgan fingerprint density at radius 2 is 1.78 bits per heavy atom. The van der Waals surface area contributed by atoms with Gasteiger partial charge in [-0.1, -0.05) is 29.8 Å². The van der Waals surface area contributed by atoms with Gasteiger partial charge in [-0.15, -0.1) is 0 Å². The molecule has 0 aliphatic carbocycles. The summed E-state index contributed by atoms with van der Waals surface area (Å²) < 4.78 is 6.77. The first kappa shape index (κ1) is 15.0. The van der Waals surface area contributed by atoms with E-state index in [-0.39, 0.29) is 0 Å². The van der Waals surface area contributed by atoms with Crippen molar-refractivity contribution < 1.29 is 9.53 Å². The number of para-hydroxylation sites is 1. The van der Waals surface area contributed by atoms with Crippen molar-refractivity contribution in [2.75, 3.05) is 0 Å². The van der Waals surface area contributed by atoms with Crippen LogP contribution in [0.4, 0.5) is 4.79 Å². The highest BCUT2D eigenvalue weighted by atomic mass is 35.5. The molecule has 0 spiro atoms. The standard InChI is InChI=1S/C17H12ClN3O2/c18-13-6-8-16(9-7-13)23-17(22)20-14-10-11-21(19-12-14)15-4-2-1-3-5-15/h1-12H/b20-14+. The van der Waals surface area contributed by atoms with Gasteiger partial charge in [0, 0.05) is 11.2 Å². The van der Waals surface area contributed by atoms with E-state index in [4.69, 9.17) is 16.3 Å². The third-order valence-electron chi connectivity index (χ3n) is 2.96. The normalized spacial score (nSPS) is 11.3. The lowest BCUT2D eigenvalue weighted by molar-refractivity contribution is 0.210. The molecule has 0 radical (unpaired) electrons. The molecule has 1 amide bonds. The van der Waals surface area contributed by atoms with Gasteiger partial charge in [-0.2, -0.15) is 10.1 Å². The molecule has 114 valence electrons. The van der Waals surface area contributed by atoms with Gasteiger partial charge in [-0.3, -0.25) is 0 Å². The van der Waals surface area contributed by atoms with Crippen LogP contribution in [0.15, 0.2) is 78.0 Å². The second-order valence-corrected chi connectivity index (χ2v) is 5.04. The molecule has 0 fully saturated rings. The van der Waals surface area contributed by atoms with Gasteiger partial charge in [-0.05, 0) is 42.5 Å². The average molecular weight is 326 g/mol. The molecular weight excluding hydrogens is 314 g/mol. The van der Waals surface area contributed by atoms with Crippen molar-refractivity contribution in [2.24, 2.45) is 4.99 Å². The number of hydrogen-bond acceptors (Lipinski definition) is 3. The fourth-order valence-electron chi connectivity index (χ4n) is 1.88. The van der Waals surface area contributed by atoms with Crippen molar-refractivity contribution in [3.63, 3.8) is 0 Å². The number of hydrogen-bond donors (Lipinski definition) is 0. The van der Waals surface area contributed by atoms with Gasteiger partial charge in [0.25, 0.3) is 0 Å². The topological polar surface area (TPSA) is 56.5 Å². The number of aromatic nitrogens is 2. The summed E-state index contributed by atoms with van der Waals surface area (Å²) in [5.74, 6) is 0.381. The molecule has 6 heteroatoms. The van der Waals surface area contributed by atoms with Gasteiger partial charge in [0.05, 0.1) is 17.2 Å². The first-order valence-corrected chi connectivity index (χ1v) is 7.21. The third-order valence-corrected chi connectivity index (χ3v) is 3.21. The zero-order valence-corrected chi connectivity index (χ0v) is 12.7. The largest absolute Gasteiger partial charge is 0.439 e. The van der Waals surface area contributed by atoms with E-state index in [0.29, 0.717) is 16.1 Å². The van der Waals surface area contributed by atoms with Crippen LogP contribution in [0.5, 0.6) is 5.75 Å². The maximum absolute atomic E-state index is 11.8. The quantitative estimate of drug-likeness (QED) is 0.723. The highest BCUT2D eigenvalue weighted by Crippen LogP contribution is 2.15. The maximum atomic E-state index is 11.8. The smallest absolute Gasteiger partial charge is 0.409 e. The molecule has 0 saturated heterocycles. The lowest BCUT2D eigenvalue weighted by Crippen LogP contribution is -2.13. The van der Waals surface area contributed by atoms with Crippen LogP contribution in [0.2, 0.25) is 5.02 Å². The molecule has 2 aromatic carbocycles. The molecule has 5 nitrogen and oxygen atoms in total. The number of nitrogens with zero attached hydrogens (tertiary/aromatic N) is 3. The van der Waals surface area contributed by atoms with E-state index < -0.39 is 6.09 Å². The van der Waals surface area contributed by atoms with Gasteiger partial charge in [0.1, 0.15) is 5.75 Å². The van der Waals surface area contributed by atoms with Crippen LogP contribution in [-0.2, 0) is 0 Å². The molecule has 1 heterocycles. The van der Waals surface area contributed by atoms with Crippen molar-refractivity contribution in [1.82, 2.24) is 9.78 Å². The summed E-state index contributed by atoms with van der Waals surface area (Å²) in [6, 6.07) is 17.8. The van der Waals surface area contributed by atoms with E-state index in [1.54, 1.807) is 41.2 Å². The molecule has 0 atom stereocenters. The Hall–Kier alpha value is -2.92. The van der Waals surface area contributed by atoms with Crippen molar-refractivity contribution in [1.29, 1.82) is 0 Å². The van der Waals surface area contributed by atoms with Crippen LogP contribution in [0, 0.1) is 0 Å². The van der Waals surface area contributed by atoms with Gasteiger partial charge < -0.3 is 4.74 Å². The second-order valence-electron chi connectivity index (χ2n) is 4.60. The molecule has 0 unspecified atom stereocenters. The number of ether oxygens (including phenoxy) is 1. The molecule has 0 aliphatic rings.